The van der Waals surface area contributed by atoms with Crippen molar-refractivity contribution in [3.63, 3.8) is 0 Å². The second-order valence-corrected chi connectivity index (χ2v) is 7.26. The number of benzene rings is 1. The van der Waals surface area contributed by atoms with Crippen LogP contribution in [0.2, 0.25) is 0 Å². The van der Waals surface area contributed by atoms with Crippen molar-refractivity contribution >= 4 is 27.3 Å². The van der Waals surface area contributed by atoms with Gasteiger partial charge in [-0.25, -0.2) is 0 Å². The highest BCUT2D eigenvalue weighted by molar-refractivity contribution is 9.11. The Morgan fingerprint density at radius 3 is 2.95 bits per heavy atom. The van der Waals surface area contributed by atoms with Gasteiger partial charge >= 0.3 is 0 Å². The Bertz CT molecular complexity index is 567. The molecule has 19 heavy (non-hydrogen) atoms. The van der Waals surface area contributed by atoms with E-state index in [0.717, 1.165) is 33.9 Å². The molecular formula is C15H15BrO2S. The highest BCUT2D eigenvalue weighted by Gasteiger charge is 2.24. The van der Waals surface area contributed by atoms with Crippen molar-refractivity contribution in [1.29, 1.82) is 0 Å². The second-order valence-electron chi connectivity index (χ2n) is 4.77. The highest BCUT2D eigenvalue weighted by atomic mass is 79.9. The van der Waals surface area contributed by atoms with Gasteiger partial charge in [0.05, 0.1) is 16.5 Å². The van der Waals surface area contributed by atoms with Gasteiger partial charge in [-0.15, -0.1) is 11.3 Å². The predicted octanol–water partition coefficient (Wildman–Crippen LogP) is 4.50. The summed E-state index contributed by atoms with van der Waals surface area (Å²) in [5, 5.41) is 10.4. The maximum Gasteiger partial charge on any atom is 0.122 e. The number of hydrogen-bond donors (Lipinski definition) is 1. The van der Waals surface area contributed by atoms with Gasteiger partial charge in [0.1, 0.15) is 5.75 Å². The molecule has 0 radical (unpaired) electrons. The van der Waals surface area contributed by atoms with Gasteiger partial charge in [0.25, 0.3) is 0 Å². The average Bonchev–Trinajstić information content (AvgIpc) is 2.86. The van der Waals surface area contributed by atoms with Crippen molar-refractivity contribution in [1.82, 2.24) is 0 Å². The van der Waals surface area contributed by atoms with Gasteiger partial charge in [-0.05, 0) is 58.5 Å². The van der Waals surface area contributed by atoms with Crippen LogP contribution >= 0.6 is 27.3 Å². The van der Waals surface area contributed by atoms with Crippen molar-refractivity contribution in [2.45, 2.75) is 24.9 Å². The highest BCUT2D eigenvalue weighted by Crippen LogP contribution is 2.40. The summed E-state index contributed by atoms with van der Waals surface area (Å²) in [7, 11) is 0. The van der Waals surface area contributed by atoms with E-state index >= 15 is 0 Å². The van der Waals surface area contributed by atoms with Crippen LogP contribution in [0.15, 0.2) is 40.2 Å². The van der Waals surface area contributed by atoms with Gasteiger partial charge in [0.15, 0.2) is 0 Å². The molecule has 1 aliphatic rings. The Hall–Kier alpha value is -0.840. The fourth-order valence-electron chi connectivity index (χ4n) is 2.55. The molecule has 100 valence electrons. The molecule has 1 aliphatic heterocycles. The molecule has 1 aromatic heterocycles. The van der Waals surface area contributed by atoms with Crippen LogP contribution in [0.5, 0.6) is 5.75 Å². The first-order valence-electron chi connectivity index (χ1n) is 6.39. The topological polar surface area (TPSA) is 29.5 Å². The monoisotopic (exact) mass is 338 g/mol. The molecule has 0 amide bonds. The van der Waals surface area contributed by atoms with Crippen LogP contribution < -0.4 is 4.74 Å². The zero-order valence-electron chi connectivity index (χ0n) is 10.4. The van der Waals surface area contributed by atoms with E-state index < -0.39 is 6.10 Å². The molecule has 3 rings (SSSR count). The van der Waals surface area contributed by atoms with E-state index in [9.17, 15) is 5.11 Å². The van der Waals surface area contributed by atoms with Crippen LogP contribution in [0.25, 0.3) is 0 Å². The van der Waals surface area contributed by atoms with E-state index in [1.54, 1.807) is 11.3 Å². The molecule has 2 nitrogen and oxygen atoms in total. The minimum Gasteiger partial charge on any atom is -0.493 e. The molecule has 0 saturated heterocycles. The van der Waals surface area contributed by atoms with Crippen LogP contribution in [0.3, 0.4) is 0 Å². The molecule has 2 unspecified atom stereocenters. The van der Waals surface area contributed by atoms with Gasteiger partial charge in [0.2, 0.25) is 0 Å². The molecule has 0 fully saturated rings. The number of thiophene rings is 1. The summed E-state index contributed by atoms with van der Waals surface area (Å²) in [6.07, 6.45) is 1.33. The molecule has 0 saturated carbocycles. The van der Waals surface area contributed by atoms with Crippen molar-refractivity contribution in [3.8, 4) is 5.75 Å². The Morgan fingerprint density at radius 1 is 1.32 bits per heavy atom. The maximum atomic E-state index is 10.4. The third-order valence-electron chi connectivity index (χ3n) is 3.51. The number of fused-ring (bicyclic) bond motifs is 1. The van der Waals surface area contributed by atoms with Crippen LogP contribution in [0.1, 0.15) is 35.3 Å². The van der Waals surface area contributed by atoms with E-state index in [1.807, 2.05) is 30.3 Å². The molecular weight excluding hydrogens is 324 g/mol. The van der Waals surface area contributed by atoms with Crippen molar-refractivity contribution in [3.05, 3.63) is 50.6 Å². The first kappa shape index (κ1) is 13.2. The Balaban J connectivity index is 1.77. The summed E-state index contributed by atoms with van der Waals surface area (Å²) in [5.74, 6) is 1.35. The summed E-state index contributed by atoms with van der Waals surface area (Å²) in [6, 6.07) is 12.1. The van der Waals surface area contributed by atoms with Gasteiger partial charge in [-0.2, -0.15) is 0 Å². The summed E-state index contributed by atoms with van der Waals surface area (Å²) >= 11 is 5.04. The van der Waals surface area contributed by atoms with Crippen molar-refractivity contribution in [2.24, 2.45) is 0 Å². The predicted molar refractivity (Wildman–Crippen MR) is 80.9 cm³/mol. The Kier molecular flexibility index (Phi) is 3.91. The van der Waals surface area contributed by atoms with E-state index in [1.165, 1.54) is 5.56 Å². The van der Waals surface area contributed by atoms with E-state index in [-0.39, 0.29) is 0 Å². The van der Waals surface area contributed by atoms with E-state index in [0.29, 0.717) is 5.92 Å². The van der Waals surface area contributed by atoms with Crippen LogP contribution in [0.4, 0.5) is 0 Å². The van der Waals surface area contributed by atoms with E-state index in [2.05, 4.69) is 22.0 Å². The summed E-state index contributed by atoms with van der Waals surface area (Å²) < 4.78 is 6.72. The minimum atomic E-state index is -0.396. The molecule has 2 atom stereocenters. The number of aliphatic hydroxyl groups is 1. The first-order valence-corrected chi connectivity index (χ1v) is 8.00. The molecule has 1 N–H and O–H groups in total. The van der Waals surface area contributed by atoms with Crippen LogP contribution in [0, 0.1) is 0 Å². The molecule has 1 aromatic carbocycles. The lowest BCUT2D eigenvalue weighted by molar-refractivity contribution is 0.148. The quantitative estimate of drug-likeness (QED) is 0.892. The van der Waals surface area contributed by atoms with Gasteiger partial charge in [-0.1, -0.05) is 18.2 Å². The largest absolute Gasteiger partial charge is 0.493 e. The smallest absolute Gasteiger partial charge is 0.122 e. The Morgan fingerprint density at radius 2 is 2.16 bits per heavy atom. The minimum absolute atomic E-state index is 0.376. The fourth-order valence-corrected chi connectivity index (χ4v) is 3.98. The SMILES string of the molecule is OC(CC1CCOc2ccccc21)c1ccc(Br)s1. The Labute approximate surface area is 125 Å². The number of para-hydroxylation sites is 1. The van der Waals surface area contributed by atoms with Crippen LogP contribution in [-0.2, 0) is 0 Å². The normalized spacial score (nSPS) is 19.6. The van der Waals surface area contributed by atoms with Crippen molar-refractivity contribution in [2.75, 3.05) is 6.61 Å². The summed E-state index contributed by atoms with van der Waals surface area (Å²) in [6.45, 7) is 0.739. The lowest BCUT2D eigenvalue weighted by atomic mass is 9.88. The van der Waals surface area contributed by atoms with Crippen molar-refractivity contribution < 1.29 is 9.84 Å². The molecule has 4 heteroatoms. The van der Waals surface area contributed by atoms with E-state index in [4.69, 9.17) is 4.74 Å². The number of rotatable bonds is 3. The lowest BCUT2D eigenvalue weighted by Gasteiger charge is -2.27. The molecule has 0 aliphatic carbocycles. The third-order valence-corrected chi connectivity index (χ3v) is 5.24. The second kappa shape index (κ2) is 5.65. The molecule has 2 aromatic rings. The molecule has 2 heterocycles. The van der Waals surface area contributed by atoms with Gasteiger partial charge in [0, 0.05) is 4.88 Å². The number of halogens is 1. The lowest BCUT2D eigenvalue weighted by Crippen LogP contribution is -2.16. The number of aliphatic hydroxyl groups excluding tert-OH is 1. The molecule has 0 bridgehead atoms. The number of ether oxygens (including phenoxy) is 1. The maximum absolute atomic E-state index is 10.4. The van der Waals surface area contributed by atoms with Gasteiger partial charge < -0.3 is 9.84 Å². The number of hydrogen-bond acceptors (Lipinski definition) is 3. The zero-order chi connectivity index (χ0) is 13.2. The third kappa shape index (κ3) is 2.86. The van der Waals surface area contributed by atoms with Crippen LogP contribution in [-0.4, -0.2) is 11.7 Å². The van der Waals surface area contributed by atoms with Gasteiger partial charge in [-0.3, -0.25) is 0 Å². The molecule has 0 spiro atoms. The fraction of sp³-hybridized carbons (Fsp3) is 0.333. The summed E-state index contributed by atoms with van der Waals surface area (Å²) in [5.41, 5.74) is 1.23. The first-order chi connectivity index (χ1) is 9.24. The zero-order valence-corrected chi connectivity index (χ0v) is 12.8. The summed E-state index contributed by atoms with van der Waals surface area (Å²) in [4.78, 5) is 1.02. The standard InChI is InChI=1S/C15H15BrO2S/c16-15-6-5-14(19-15)12(17)9-10-7-8-18-13-4-2-1-3-11(10)13/h1-6,10,12,17H,7-9H2. The average molecular weight is 339 g/mol.